The Morgan fingerprint density at radius 1 is 1.38 bits per heavy atom. The molecule has 1 aromatic carbocycles. The van der Waals surface area contributed by atoms with Crippen molar-refractivity contribution in [3.8, 4) is 0 Å². The summed E-state index contributed by atoms with van der Waals surface area (Å²) in [7, 11) is -2.88. The minimum absolute atomic E-state index is 0.00465. The van der Waals surface area contributed by atoms with E-state index in [2.05, 4.69) is 10.6 Å². The van der Waals surface area contributed by atoms with Crippen LogP contribution in [0.5, 0.6) is 0 Å². The van der Waals surface area contributed by atoms with Crippen molar-refractivity contribution in [2.75, 3.05) is 12.4 Å². The number of amides is 2. The Labute approximate surface area is 122 Å². The first-order valence-corrected chi connectivity index (χ1v) is 7.52. The van der Waals surface area contributed by atoms with Crippen LogP contribution in [-0.2, 0) is 19.7 Å². The molecular weight excluding hydrogens is 298 g/mol. The number of anilines is 1. The van der Waals surface area contributed by atoms with Crippen molar-refractivity contribution in [1.29, 1.82) is 0 Å². The van der Waals surface area contributed by atoms with E-state index >= 15 is 0 Å². The summed E-state index contributed by atoms with van der Waals surface area (Å²) in [5.41, 5.74) is 5.77. The normalized spacial score (nSPS) is 12.5. The highest BCUT2D eigenvalue weighted by atomic mass is 32.2. The van der Waals surface area contributed by atoms with Crippen LogP contribution in [0.1, 0.15) is 12.8 Å². The number of carbonyl (C=O) groups is 2. The lowest BCUT2D eigenvalue weighted by Gasteiger charge is -2.10. The Morgan fingerprint density at radius 2 is 2.05 bits per heavy atom. The number of rotatable bonds is 6. The van der Waals surface area contributed by atoms with Gasteiger partial charge in [-0.05, 0) is 24.6 Å². The van der Waals surface area contributed by atoms with Gasteiger partial charge in [0.25, 0.3) is 10.1 Å². The first kappa shape index (κ1) is 17.1. The maximum Gasteiger partial charge on any atom is 0.294 e. The topological polar surface area (TPSA) is 139 Å². The van der Waals surface area contributed by atoms with E-state index in [1.165, 1.54) is 25.2 Å². The van der Waals surface area contributed by atoms with Gasteiger partial charge in [-0.2, -0.15) is 8.42 Å². The van der Waals surface area contributed by atoms with E-state index in [-0.39, 0.29) is 29.3 Å². The van der Waals surface area contributed by atoms with E-state index in [1.54, 1.807) is 0 Å². The van der Waals surface area contributed by atoms with Gasteiger partial charge < -0.3 is 16.4 Å². The monoisotopic (exact) mass is 315 g/mol. The molecule has 5 N–H and O–H groups in total. The van der Waals surface area contributed by atoms with Crippen LogP contribution in [0.4, 0.5) is 5.69 Å². The van der Waals surface area contributed by atoms with E-state index < -0.39 is 22.1 Å². The van der Waals surface area contributed by atoms with Gasteiger partial charge in [0.15, 0.2) is 0 Å². The summed E-state index contributed by atoms with van der Waals surface area (Å²) in [5, 5.41) is 4.84. The summed E-state index contributed by atoms with van der Waals surface area (Å²) in [6.07, 6.45) is 0.161. The van der Waals surface area contributed by atoms with Gasteiger partial charge in [0, 0.05) is 19.2 Å². The van der Waals surface area contributed by atoms with Crippen molar-refractivity contribution >= 4 is 27.6 Å². The third kappa shape index (κ3) is 5.50. The number of nitrogens with one attached hydrogen (secondary N) is 2. The minimum atomic E-state index is -4.33. The standard InChI is InChI=1S/C12H17N3O5S/c1-14-12(17)10(13)5-6-11(16)15-8-3-2-4-9(7-8)21(18,19)20/h2-4,7,10H,5-6,13H2,1H3,(H,14,17)(H,15,16)(H,18,19,20)/t10-/m0/s1. The molecule has 0 aliphatic rings. The van der Waals surface area contributed by atoms with E-state index in [0.717, 1.165) is 6.07 Å². The molecule has 1 aromatic rings. The molecule has 0 radical (unpaired) electrons. The van der Waals surface area contributed by atoms with Crippen LogP contribution < -0.4 is 16.4 Å². The van der Waals surface area contributed by atoms with Gasteiger partial charge in [0.2, 0.25) is 11.8 Å². The van der Waals surface area contributed by atoms with Gasteiger partial charge in [-0.1, -0.05) is 6.07 Å². The highest BCUT2D eigenvalue weighted by Gasteiger charge is 2.14. The predicted octanol–water partition coefficient (Wildman–Crippen LogP) is -0.275. The molecule has 0 spiro atoms. The number of nitrogens with two attached hydrogens (primary N) is 1. The Balaban J connectivity index is 2.62. The fourth-order valence-electron chi connectivity index (χ4n) is 1.56. The van der Waals surface area contributed by atoms with Gasteiger partial charge >= 0.3 is 0 Å². The second-order valence-electron chi connectivity index (χ2n) is 4.31. The van der Waals surface area contributed by atoms with Crippen LogP contribution in [0.15, 0.2) is 29.2 Å². The van der Waals surface area contributed by atoms with Crippen molar-refractivity contribution in [1.82, 2.24) is 5.32 Å². The Kier molecular flexibility index (Phi) is 5.82. The van der Waals surface area contributed by atoms with Crippen LogP contribution in [0.3, 0.4) is 0 Å². The van der Waals surface area contributed by atoms with Crippen molar-refractivity contribution in [2.24, 2.45) is 5.73 Å². The van der Waals surface area contributed by atoms with Crippen molar-refractivity contribution in [3.63, 3.8) is 0 Å². The molecular formula is C12H17N3O5S. The third-order valence-corrected chi connectivity index (χ3v) is 3.53. The first-order chi connectivity index (χ1) is 9.74. The number of benzene rings is 1. The fraction of sp³-hybridized carbons (Fsp3) is 0.333. The smallest absolute Gasteiger partial charge is 0.294 e. The zero-order valence-corrected chi connectivity index (χ0v) is 12.2. The van der Waals surface area contributed by atoms with E-state index in [9.17, 15) is 18.0 Å². The Hall–Kier alpha value is -1.97. The summed E-state index contributed by atoms with van der Waals surface area (Å²) in [6.45, 7) is 0. The minimum Gasteiger partial charge on any atom is -0.358 e. The molecule has 0 bridgehead atoms. The molecule has 0 aliphatic heterocycles. The van der Waals surface area contributed by atoms with Gasteiger partial charge in [0.05, 0.1) is 10.9 Å². The summed E-state index contributed by atoms with van der Waals surface area (Å²) in [5.74, 6) is -0.780. The Bertz CT molecular complexity index is 630. The average molecular weight is 315 g/mol. The summed E-state index contributed by atoms with van der Waals surface area (Å²) >= 11 is 0. The molecule has 1 rings (SSSR count). The summed E-state index contributed by atoms with van der Waals surface area (Å²) < 4.78 is 30.9. The molecule has 0 aliphatic carbocycles. The number of hydrogen-bond donors (Lipinski definition) is 4. The molecule has 0 aromatic heterocycles. The molecule has 21 heavy (non-hydrogen) atoms. The molecule has 0 saturated heterocycles. The lowest BCUT2D eigenvalue weighted by Crippen LogP contribution is -2.39. The number of carbonyl (C=O) groups excluding carboxylic acids is 2. The maximum absolute atomic E-state index is 11.7. The molecule has 0 heterocycles. The van der Waals surface area contributed by atoms with Gasteiger partial charge in [-0.3, -0.25) is 14.1 Å². The molecule has 2 amide bonds. The third-order valence-electron chi connectivity index (χ3n) is 2.68. The predicted molar refractivity (Wildman–Crippen MR) is 76.2 cm³/mol. The molecule has 0 saturated carbocycles. The second-order valence-corrected chi connectivity index (χ2v) is 5.73. The first-order valence-electron chi connectivity index (χ1n) is 6.08. The number of hydrogen-bond acceptors (Lipinski definition) is 5. The zero-order chi connectivity index (χ0) is 16.0. The quantitative estimate of drug-likeness (QED) is 0.533. The fourth-order valence-corrected chi connectivity index (χ4v) is 2.09. The summed E-state index contributed by atoms with van der Waals surface area (Å²) in [6, 6.07) is 4.41. The van der Waals surface area contributed by atoms with E-state index in [4.69, 9.17) is 10.3 Å². The molecule has 8 nitrogen and oxygen atoms in total. The molecule has 116 valence electrons. The van der Waals surface area contributed by atoms with Crippen LogP contribution in [0, 0.1) is 0 Å². The average Bonchev–Trinajstić information content (AvgIpc) is 2.43. The van der Waals surface area contributed by atoms with E-state index in [1.807, 2.05) is 0 Å². The van der Waals surface area contributed by atoms with Crippen molar-refractivity contribution < 1.29 is 22.6 Å². The van der Waals surface area contributed by atoms with Crippen LogP contribution in [0.2, 0.25) is 0 Å². The van der Waals surface area contributed by atoms with Crippen LogP contribution in [0.25, 0.3) is 0 Å². The maximum atomic E-state index is 11.7. The Morgan fingerprint density at radius 3 is 2.62 bits per heavy atom. The van der Waals surface area contributed by atoms with Gasteiger partial charge in [-0.25, -0.2) is 0 Å². The lowest BCUT2D eigenvalue weighted by molar-refractivity contribution is -0.122. The molecule has 9 heteroatoms. The van der Waals surface area contributed by atoms with Crippen LogP contribution in [-0.4, -0.2) is 37.9 Å². The van der Waals surface area contributed by atoms with Crippen LogP contribution >= 0.6 is 0 Å². The van der Waals surface area contributed by atoms with Crippen molar-refractivity contribution in [3.05, 3.63) is 24.3 Å². The second kappa shape index (κ2) is 7.16. The number of likely N-dealkylation sites (N-methyl/N-ethyl adjacent to an activating group) is 1. The lowest BCUT2D eigenvalue weighted by atomic mass is 10.1. The highest BCUT2D eigenvalue weighted by Crippen LogP contribution is 2.15. The van der Waals surface area contributed by atoms with Crippen molar-refractivity contribution in [2.45, 2.75) is 23.8 Å². The molecule has 0 unspecified atom stereocenters. The SMILES string of the molecule is CNC(=O)[C@@H](N)CCC(=O)Nc1cccc(S(=O)(=O)O)c1. The highest BCUT2D eigenvalue weighted by molar-refractivity contribution is 7.85. The molecule has 0 fully saturated rings. The summed E-state index contributed by atoms with van der Waals surface area (Å²) in [4.78, 5) is 22.5. The van der Waals surface area contributed by atoms with Gasteiger partial charge in [-0.15, -0.1) is 0 Å². The zero-order valence-electron chi connectivity index (χ0n) is 11.4. The molecule has 1 atom stereocenters. The van der Waals surface area contributed by atoms with E-state index in [0.29, 0.717) is 0 Å². The van der Waals surface area contributed by atoms with Gasteiger partial charge in [0.1, 0.15) is 0 Å². The largest absolute Gasteiger partial charge is 0.358 e.